The van der Waals surface area contributed by atoms with E-state index in [-0.39, 0.29) is 5.04 Å². The molecule has 1 saturated heterocycles. The number of hydrogen-bond acceptors (Lipinski definition) is 5. The zero-order valence-electron chi connectivity index (χ0n) is 23.5. The molecule has 0 unspecified atom stereocenters. The Morgan fingerprint density at radius 2 is 1.29 bits per heavy atom. The lowest BCUT2D eigenvalue weighted by atomic mass is 9.97. The van der Waals surface area contributed by atoms with Crippen molar-refractivity contribution < 1.29 is 23.7 Å². The van der Waals surface area contributed by atoms with Crippen molar-refractivity contribution in [1.29, 1.82) is 0 Å². The van der Waals surface area contributed by atoms with Crippen LogP contribution in [-0.2, 0) is 18.6 Å². The Kier molecular flexibility index (Phi) is 8.92. The maximum Gasteiger partial charge on any atom is 0.261 e. The highest BCUT2D eigenvalue weighted by molar-refractivity contribution is 6.99. The summed E-state index contributed by atoms with van der Waals surface area (Å²) in [6, 6.07) is 30.7. The first-order valence-electron chi connectivity index (χ1n) is 13.5. The molecule has 6 heteroatoms. The first-order chi connectivity index (χ1) is 18.1. The highest BCUT2D eigenvalue weighted by Gasteiger charge is 2.53. The average molecular weight is 535 g/mol. The van der Waals surface area contributed by atoms with Crippen LogP contribution >= 0.6 is 0 Å². The number of benzene rings is 3. The van der Waals surface area contributed by atoms with Crippen molar-refractivity contribution in [2.45, 2.75) is 76.8 Å². The van der Waals surface area contributed by atoms with Crippen molar-refractivity contribution in [2.75, 3.05) is 13.2 Å². The molecule has 0 aromatic heterocycles. The van der Waals surface area contributed by atoms with Gasteiger partial charge < -0.3 is 23.7 Å². The summed E-state index contributed by atoms with van der Waals surface area (Å²) < 4.78 is 26.2. The van der Waals surface area contributed by atoms with Crippen LogP contribution in [0.2, 0.25) is 5.04 Å². The van der Waals surface area contributed by atoms with Gasteiger partial charge >= 0.3 is 0 Å². The van der Waals surface area contributed by atoms with Gasteiger partial charge in [-0.05, 0) is 41.7 Å². The number of aliphatic hydroxyl groups excluding tert-OH is 1. The third kappa shape index (κ3) is 5.96. The summed E-state index contributed by atoms with van der Waals surface area (Å²) in [4.78, 5) is 0. The molecule has 0 amide bonds. The van der Waals surface area contributed by atoms with Gasteiger partial charge in [0, 0.05) is 6.61 Å². The molecule has 1 fully saturated rings. The van der Waals surface area contributed by atoms with Gasteiger partial charge in [-0.15, -0.1) is 0 Å². The molecule has 5 nitrogen and oxygen atoms in total. The van der Waals surface area contributed by atoms with Crippen LogP contribution in [0.3, 0.4) is 0 Å². The lowest BCUT2D eigenvalue weighted by Gasteiger charge is -2.44. The largest absolute Gasteiger partial charge is 0.405 e. The highest BCUT2D eigenvalue weighted by Crippen LogP contribution is 2.40. The van der Waals surface area contributed by atoms with Gasteiger partial charge in [0.15, 0.2) is 5.79 Å². The van der Waals surface area contributed by atoms with Gasteiger partial charge in [0.2, 0.25) is 0 Å². The summed E-state index contributed by atoms with van der Waals surface area (Å²) in [6.45, 7) is 13.3. The van der Waals surface area contributed by atoms with E-state index in [1.165, 1.54) is 10.4 Å². The molecule has 0 spiro atoms. The molecular formula is C32H42O5Si. The second-order valence-corrected chi connectivity index (χ2v) is 15.7. The van der Waals surface area contributed by atoms with Gasteiger partial charge in [-0.2, -0.15) is 0 Å². The molecule has 1 heterocycles. The van der Waals surface area contributed by atoms with Crippen molar-refractivity contribution in [1.82, 2.24) is 0 Å². The molecule has 1 aliphatic heterocycles. The fraction of sp³-hybridized carbons (Fsp3) is 0.438. The van der Waals surface area contributed by atoms with Gasteiger partial charge in [-0.3, -0.25) is 0 Å². The lowest BCUT2D eigenvalue weighted by Crippen LogP contribution is -2.67. The minimum absolute atomic E-state index is 0.165. The van der Waals surface area contributed by atoms with Crippen LogP contribution in [0.25, 0.3) is 0 Å². The Morgan fingerprint density at radius 3 is 1.76 bits per heavy atom. The maximum absolute atomic E-state index is 11.4. The molecule has 4 atom stereocenters. The van der Waals surface area contributed by atoms with Gasteiger partial charge in [-0.1, -0.05) is 112 Å². The number of hydrogen-bond donors (Lipinski definition) is 1. The molecule has 3 aromatic carbocycles. The average Bonchev–Trinajstić information content (AvgIpc) is 3.24. The summed E-state index contributed by atoms with van der Waals surface area (Å²) in [5.41, 5.74) is 0.784. The van der Waals surface area contributed by atoms with Gasteiger partial charge in [-0.25, -0.2) is 0 Å². The van der Waals surface area contributed by atoms with Crippen LogP contribution < -0.4 is 10.4 Å². The molecular weight excluding hydrogens is 492 g/mol. The number of aliphatic hydroxyl groups is 1. The quantitative estimate of drug-likeness (QED) is 0.362. The molecule has 38 heavy (non-hydrogen) atoms. The van der Waals surface area contributed by atoms with E-state index in [9.17, 15) is 5.11 Å². The Bertz CT molecular complexity index is 1090. The Morgan fingerprint density at radius 1 is 0.816 bits per heavy atom. The van der Waals surface area contributed by atoms with Gasteiger partial charge in [0.25, 0.3) is 8.32 Å². The van der Waals surface area contributed by atoms with Crippen LogP contribution in [0.15, 0.2) is 91.0 Å². The predicted molar refractivity (Wildman–Crippen MR) is 154 cm³/mol. The highest BCUT2D eigenvalue weighted by atomic mass is 28.4. The van der Waals surface area contributed by atoms with Crippen molar-refractivity contribution in [3.05, 3.63) is 96.6 Å². The monoisotopic (exact) mass is 534 g/mol. The van der Waals surface area contributed by atoms with Crippen LogP contribution in [0, 0.1) is 0 Å². The molecule has 3 aromatic rings. The number of rotatable bonds is 10. The SMILES string of the molecule is CCO[C@@H](CO[Si](c1ccccc1)(c1ccccc1)C(C)(C)C)[C@H]1OC(C)(C)O[C@@H]1[C@H](O)c1ccccc1. The third-order valence-corrected chi connectivity index (χ3v) is 12.2. The summed E-state index contributed by atoms with van der Waals surface area (Å²) in [5.74, 6) is -0.863. The minimum atomic E-state index is -2.78. The predicted octanol–water partition coefficient (Wildman–Crippen LogP) is 5.22. The van der Waals surface area contributed by atoms with Gasteiger partial charge in [0.1, 0.15) is 24.4 Å². The van der Waals surface area contributed by atoms with E-state index in [1.54, 1.807) is 0 Å². The zero-order chi connectivity index (χ0) is 27.4. The molecule has 204 valence electrons. The third-order valence-electron chi connectivity index (χ3n) is 7.24. The molecule has 0 saturated carbocycles. The van der Waals surface area contributed by atoms with Crippen LogP contribution in [-0.4, -0.2) is 50.7 Å². The molecule has 0 radical (unpaired) electrons. The molecule has 1 N–H and O–H groups in total. The second kappa shape index (κ2) is 11.8. The van der Waals surface area contributed by atoms with E-state index in [2.05, 4.69) is 69.3 Å². The summed E-state index contributed by atoms with van der Waals surface area (Å²) in [6.07, 6.45) is -2.42. The van der Waals surface area contributed by atoms with Crippen molar-refractivity contribution in [2.24, 2.45) is 0 Å². The van der Waals surface area contributed by atoms with Crippen LogP contribution in [0.4, 0.5) is 0 Å². The van der Waals surface area contributed by atoms with Crippen molar-refractivity contribution >= 4 is 18.7 Å². The first-order valence-corrected chi connectivity index (χ1v) is 15.4. The molecule has 0 aliphatic carbocycles. The second-order valence-electron chi connectivity index (χ2n) is 11.4. The van der Waals surface area contributed by atoms with E-state index >= 15 is 0 Å². The fourth-order valence-corrected chi connectivity index (χ4v) is 10.2. The van der Waals surface area contributed by atoms with Crippen molar-refractivity contribution in [3.8, 4) is 0 Å². The van der Waals surface area contributed by atoms with Gasteiger partial charge in [0.05, 0.1) is 6.61 Å². The maximum atomic E-state index is 11.4. The van der Waals surface area contributed by atoms with Crippen molar-refractivity contribution in [3.63, 3.8) is 0 Å². The molecule has 0 bridgehead atoms. The van der Waals surface area contributed by atoms with E-state index in [0.717, 1.165) is 5.56 Å². The van der Waals surface area contributed by atoms with E-state index in [4.69, 9.17) is 18.6 Å². The van der Waals surface area contributed by atoms with E-state index in [0.29, 0.717) is 13.2 Å². The van der Waals surface area contributed by atoms with Crippen LogP contribution in [0.5, 0.6) is 0 Å². The summed E-state index contributed by atoms with van der Waals surface area (Å²) >= 11 is 0. The Labute approximate surface area is 228 Å². The summed E-state index contributed by atoms with van der Waals surface area (Å²) in [5, 5.41) is 13.6. The Balaban J connectivity index is 1.71. The summed E-state index contributed by atoms with van der Waals surface area (Å²) in [7, 11) is -2.78. The minimum Gasteiger partial charge on any atom is -0.405 e. The Hall–Kier alpha value is -2.32. The number of ether oxygens (including phenoxy) is 3. The van der Waals surface area contributed by atoms with E-state index in [1.807, 2.05) is 63.2 Å². The fourth-order valence-electron chi connectivity index (χ4n) is 5.61. The normalized spacial score (nSPS) is 21.2. The molecule has 1 aliphatic rings. The van der Waals surface area contributed by atoms with E-state index < -0.39 is 38.5 Å². The lowest BCUT2D eigenvalue weighted by molar-refractivity contribution is -0.165. The van der Waals surface area contributed by atoms with Crippen LogP contribution in [0.1, 0.15) is 53.2 Å². The molecule has 4 rings (SSSR count). The smallest absolute Gasteiger partial charge is 0.261 e. The first kappa shape index (κ1) is 28.7. The zero-order valence-corrected chi connectivity index (χ0v) is 24.5. The topological polar surface area (TPSA) is 57.2 Å². The standard InChI is InChI=1S/C32H42O5Si/c1-7-34-27(29-30(37-32(5,6)36-29)28(33)24-17-11-8-12-18-24)23-35-38(31(2,3)4,25-19-13-9-14-20-25)26-21-15-10-16-22-26/h8-22,27-30,33H,7,23H2,1-6H3/t27-,28+,29+,30+/m0/s1.